The van der Waals surface area contributed by atoms with Gasteiger partial charge in [0.05, 0.1) is 0 Å². The van der Waals surface area contributed by atoms with Crippen molar-refractivity contribution in [3.8, 4) is 0 Å². The molecule has 2 rings (SSSR count). The summed E-state index contributed by atoms with van der Waals surface area (Å²) in [6.07, 6.45) is 1.96. The summed E-state index contributed by atoms with van der Waals surface area (Å²) >= 11 is 0. The molecular formula is C17H17N3O4. The summed E-state index contributed by atoms with van der Waals surface area (Å²) in [5.41, 5.74) is 0.981. The number of carbonyl (C=O) groups is 3. The van der Waals surface area contributed by atoms with Gasteiger partial charge in [-0.2, -0.15) is 0 Å². The molecule has 0 aliphatic heterocycles. The normalized spacial score (nSPS) is 10.0. The van der Waals surface area contributed by atoms with Crippen LogP contribution in [0, 0.1) is 0 Å². The second kappa shape index (κ2) is 8.42. The number of hydrogen-bond acceptors (Lipinski definition) is 4. The first-order valence-electron chi connectivity index (χ1n) is 7.38. The number of nitrogens with zero attached hydrogens (tertiary/aromatic N) is 1. The number of aromatic nitrogens is 1. The van der Waals surface area contributed by atoms with Crippen LogP contribution in [-0.2, 0) is 9.59 Å². The second-order valence-electron chi connectivity index (χ2n) is 5.04. The number of pyridine rings is 1. The Morgan fingerprint density at radius 2 is 1.71 bits per heavy atom. The Labute approximate surface area is 138 Å². The lowest BCUT2D eigenvalue weighted by atomic mass is 10.2. The fourth-order valence-corrected chi connectivity index (χ4v) is 1.95. The number of hydrogen-bond donors (Lipinski definition) is 3. The van der Waals surface area contributed by atoms with Crippen LogP contribution in [0.15, 0.2) is 48.7 Å². The monoisotopic (exact) mass is 327 g/mol. The Hall–Kier alpha value is -3.22. The predicted octanol–water partition coefficient (Wildman–Crippen LogP) is 2.53. The molecule has 0 radical (unpaired) electrons. The lowest BCUT2D eigenvalue weighted by Crippen LogP contribution is -2.14. The molecule has 1 aromatic carbocycles. The first kappa shape index (κ1) is 17.1. The highest BCUT2D eigenvalue weighted by Crippen LogP contribution is 2.12. The van der Waals surface area contributed by atoms with Gasteiger partial charge < -0.3 is 15.7 Å². The van der Waals surface area contributed by atoms with E-state index in [9.17, 15) is 14.4 Å². The molecule has 0 saturated heterocycles. The molecule has 7 heteroatoms. The lowest BCUT2D eigenvalue weighted by Gasteiger charge is -2.07. The van der Waals surface area contributed by atoms with Crippen LogP contribution in [-0.4, -0.2) is 27.9 Å². The summed E-state index contributed by atoms with van der Waals surface area (Å²) in [6.45, 7) is 0. The van der Waals surface area contributed by atoms with Gasteiger partial charge in [-0.05, 0) is 42.8 Å². The maximum absolute atomic E-state index is 12.1. The molecule has 0 spiro atoms. The summed E-state index contributed by atoms with van der Waals surface area (Å²) in [5.74, 6) is -1.03. The fraction of sp³-hybridized carbons (Fsp3) is 0.176. The van der Waals surface area contributed by atoms with Gasteiger partial charge >= 0.3 is 5.97 Å². The Bertz CT molecular complexity index is 714. The Morgan fingerprint density at radius 1 is 0.958 bits per heavy atom. The van der Waals surface area contributed by atoms with E-state index < -0.39 is 5.97 Å². The maximum Gasteiger partial charge on any atom is 0.303 e. The van der Waals surface area contributed by atoms with Gasteiger partial charge in [-0.15, -0.1) is 0 Å². The van der Waals surface area contributed by atoms with Crippen LogP contribution in [0.5, 0.6) is 0 Å². The van der Waals surface area contributed by atoms with E-state index in [1.165, 1.54) is 0 Å². The van der Waals surface area contributed by atoms with Crippen LogP contribution in [0.4, 0.5) is 11.5 Å². The van der Waals surface area contributed by atoms with Crippen LogP contribution < -0.4 is 10.6 Å². The number of nitrogens with one attached hydrogen (secondary N) is 2. The van der Waals surface area contributed by atoms with E-state index in [1.54, 1.807) is 48.7 Å². The van der Waals surface area contributed by atoms with E-state index in [2.05, 4.69) is 15.6 Å². The summed E-state index contributed by atoms with van der Waals surface area (Å²) in [6, 6.07) is 11.6. The number of amides is 2. The molecule has 0 aliphatic rings. The van der Waals surface area contributed by atoms with E-state index in [0.29, 0.717) is 17.1 Å². The van der Waals surface area contributed by atoms with Crippen molar-refractivity contribution < 1.29 is 19.5 Å². The van der Waals surface area contributed by atoms with Crippen LogP contribution >= 0.6 is 0 Å². The molecule has 3 N–H and O–H groups in total. The zero-order chi connectivity index (χ0) is 17.4. The van der Waals surface area contributed by atoms with Gasteiger partial charge in [0.15, 0.2) is 0 Å². The lowest BCUT2D eigenvalue weighted by molar-refractivity contribution is -0.137. The van der Waals surface area contributed by atoms with Crippen molar-refractivity contribution in [3.63, 3.8) is 0 Å². The summed E-state index contributed by atoms with van der Waals surface area (Å²) in [7, 11) is 0. The number of rotatable bonds is 7. The van der Waals surface area contributed by atoms with Crippen LogP contribution in [0.1, 0.15) is 29.6 Å². The minimum Gasteiger partial charge on any atom is -0.481 e. The second-order valence-corrected chi connectivity index (χ2v) is 5.04. The minimum absolute atomic E-state index is 0.0416. The van der Waals surface area contributed by atoms with Gasteiger partial charge in [-0.25, -0.2) is 4.98 Å². The number of carboxylic acids is 1. The Morgan fingerprint density at radius 3 is 2.33 bits per heavy atom. The minimum atomic E-state index is -0.925. The number of carboxylic acid groups (broad SMARTS) is 1. The molecular weight excluding hydrogens is 310 g/mol. The van der Waals surface area contributed by atoms with E-state index in [-0.39, 0.29) is 31.1 Å². The SMILES string of the molecule is O=C(O)CCCC(=O)Nc1ccc(C(=O)Nc2ccccn2)cc1. The smallest absolute Gasteiger partial charge is 0.303 e. The number of benzene rings is 1. The molecule has 1 aromatic heterocycles. The summed E-state index contributed by atoms with van der Waals surface area (Å²) in [4.78, 5) is 38.1. The highest BCUT2D eigenvalue weighted by Gasteiger charge is 2.08. The molecule has 124 valence electrons. The third-order valence-electron chi connectivity index (χ3n) is 3.13. The summed E-state index contributed by atoms with van der Waals surface area (Å²) < 4.78 is 0. The van der Waals surface area contributed by atoms with Gasteiger partial charge in [0.1, 0.15) is 5.82 Å². The first-order chi connectivity index (χ1) is 11.5. The third-order valence-corrected chi connectivity index (χ3v) is 3.13. The number of anilines is 2. The predicted molar refractivity (Wildman–Crippen MR) is 88.7 cm³/mol. The van der Waals surface area contributed by atoms with E-state index in [4.69, 9.17) is 5.11 Å². The molecule has 1 heterocycles. The standard InChI is InChI=1S/C17H17N3O4/c21-15(5-3-6-16(22)23)19-13-9-7-12(8-10-13)17(24)20-14-4-1-2-11-18-14/h1-2,4,7-11H,3,5-6H2,(H,19,21)(H,22,23)(H,18,20,24). The average Bonchev–Trinajstić information content (AvgIpc) is 2.56. The maximum atomic E-state index is 12.1. The van der Waals surface area contributed by atoms with Crippen molar-refractivity contribution in [1.29, 1.82) is 0 Å². The van der Waals surface area contributed by atoms with Gasteiger partial charge in [0.25, 0.3) is 5.91 Å². The van der Waals surface area contributed by atoms with Gasteiger partial charge in [-0.3, -0.25) is 14.4 Å². The van der Waals surface area contributed by atoms with Gasteiger partial charge in [0.2, 0.25) is 5.91 Å². The van der Waals surface area contributed by atoms with Crippen molar-refractivity contribution >= 4 is 29.3 Å². The van der Waals surface area contributed by atoms with Crippen molar-refractivity contribution in [2.24, 2.45) is 0 Å². The van der Waals surface area contributed by atoms with E-state index in [0.717, 1.165) is 0 Å². The van der Waals surface area contributed by atoms with Crippen molar-refractivity contribution in [2.75, 3.05) is 10.6 Å². The van der Waals surface area contributed by atoms with Crippen molar-refractivity contribution in [1.82, 2.24) is 4.98 Å². The largest absolute Gasteiger partial charge is 0.481 e. The molecule has 24 heavy (non-hydrogen) atoms. The highest BCUT2D eigenvalue weighted by molar-refractivity contribution is 6.04. The Balaban J connectivity index is 1.87. The third kappa shape index (κ3) is 5.53. The zero-order valence-electron chi connectivity index (χ0n) is 12.9. The number of carbonyl (C=O) groups excluding carboxylic acids is 2. The zero-order valence-corrected chi connectivity index (χ0v) is 12.9. The van der Waals surface area contributed by atoms with Crippen LogP contribution in [0.25, 0.3) is 0 Å². The molecule has 2 amide bonds. The average molecular weight is 327 g/mol. The van der Waals surface area contributed by atoms with Crippen molar-refractivity contribution in [3.05, 3.63) is 54.2 Å². The highest BCUT2D eigenvalue weighted by atomic mass is 16.4. The first-order valence-corrected chi connectivity index (χ1v) is 7.38. The molecule has 0 saturated carbocycles. The molecule has 7 nitrogen and oxygen atoms in total. The van der Waals surface area contributed by atoms with E-state index in [1.807, 2.05) is 0 Å². The quantitative estimate of drug-likeness (QED) is 0.724. The molecule has 0 atom stereocenters. The van der Waals surface area contributed by atoms with Crippen LogP contribution in [0.2, 0.25) is 0 Å². The molecule has 2 aromatic rings. The topological polar surface area (TPSA) is 108 Å². The van der Waals surface area contributed by atoms with Crippen LogP contribution in [0.3, 0.4) is 0 Å². The molecule has 0 fully saturated rings. The molecule has 0 aliphatic carbocycles. The van der Waals surface area contributed by atoms with Gasteiger partial charge in [0, 0.05) is 30.3 Å². The van der Waals surface area contributed by atoms with E-state index >= 15 is 0 Å². The Kier molecular flexibility index (Phi) is 6.01. The van der Waals surface area contributed by atoms with Gasteiger partial charge in [-0.1, -0.05) is 6.07 Å². The number of aliphatic carboxylic acids is 1. The summed E-state index contributed by atoms with van der Waals surface area (Å²) in [5, 5.41) is 13.8. The fourth-order valence-electron chi connectivity index (χ4n) is 1.95. The molecule has 0 unspecified atom stereocenters. The molecule has 0 bridgehead atoms. The van der Waals surface area contributed by atoms with Crippen molar-refractivity contribution in [2.45, 2.75) is 19.3 Å².